The molecular formula is C11H17N3OS. The lowest BCUT2D eigenvalue weighted by Gasteiger charge is -2.19. The van der Waals surface area contributed by atoms with Crippen molar-refractivity contribution in [3.8, 4) is 0 Å². The van der Waals surface area contributed by atoms with Gasteiger partial charge in [0.15, 0.2) is 0 Å². The van der Waals surface area contributed by atoms with Crippen LogP contribution in [0, 0.1) is 0 Å². The smallest absolute Gasteiger partial charge is 0.254 e. The lowest BCUT2D eigenvalue weighted by atomic mass is 10.1. The van der Waals surface area contributed by atoms with Crippen LogP contribution in [0.3, 0.4) is 0 Å². The Morgan fingerprint density at radius 1 is 1.56 bits per heavy atom. The second-order valence-electron chi connectivity index (χ2n) is 4.41. The van der Waals surface area contributed by atoms with Gasteiger partial charge >= 0.3 is 0 Å². The van der Waals surface area contributed by atoms with Crippen LogP contribution in [0.5, 0.6) is 0 Å². The average Bonchev–Trinajstić information content (AvgIpc) is 2.66. The Labute approximate surface area is 99.8 Å². The molecule has 5 heteroatoms. The summed E-state index contributed by atoms with van der Waals surface area (Å²) in [5.41, 5.74) is 2.41. The summed E-state index contributed by atoms with van der Waals surface area (Å²) in [7, 11) is 0. The molecule has 0 saturated heterocycles. The van der Waals surface area contributed by atoms with Gasteiger partial charge in [0, 0.05) is 10.4 Å². The van der Waals surface area contributed by atoms with Crippen LogP contribution in [0.15, 0.2) is 22.6 Å². The minimum atomic E-state index is -0.136. The van der Waals surface area contributed by atoms with Crippen molar-refractivity contribution < 1.29 is 4.79 Å². The summed E-state index contributed by atoms with van der Waals surface area (Å²) >= 11 is 1.58. The normalized spacial score (nSPS) is 11.9. The van der Waals surface area contributed by atoms with Gasteiger partial charge in [-0.1, -0.05) is 6.07 Å². The molecule has 0 atom stereocenters. The number of rotatable bonds is 4. The Hall–Kier alpha value is -1.20. The molecule has 0 aliphatic heterocycles. The lowest BCUT2D eigenvalue weighted by molar-refractivity contribution is -0.120. The highest BCUT2D eigenvalue weighted by molar-refractivity contribution is 7.11. The number of hydrogen-bond donors (Lipinski definition) is 2. The van der Waals surface area contributed by atoms with Crippen LogP contribution >= 0.6 is 11.3 Å². The Bertz CT molecular complexity index is 352. The van der Waals surface area contributed by atoms with E-state index >= 15 is 0 Å². The molecule has 0 aliphatic rings. The van der Waals surface area contributed by atoms with E-state index in [2.05, 4.69) is 15.8 Å². The molecule has 0 bridgehead atoms. The topological polar surface area (TPSA) is 53.5 Å². The first-order valence-corrected chi connectivity index (χ1v) is 5.96. The zero-order valence-corrected chi connectivity index (χ0v) is 10.6. The van der Waals surface area contributed by atoms with Crippen LogP contribution in [0.2, 0.25) is 0 Å². The number of nitrogens with one attached hydrogen (secondary N) is 2. The Morgan fingerprint density at radius 2 is 2.31 bits per heavy atom. The molecule has 0 saturated carbocycles. The Morgan fingerprint density at radius 3 is 2.88 bits per heavy atom. The molecule has 2 N–H and O–H groups in total. The molecule has 1 heterocycles. The molecule has 0 radical (unpaired) electrons. The summed E-state index contributed by atoms with van der Waals surface area (Å²) in [5.74, 6) is -0.136. The summed E-state index contributed by atoms with van der Waals surface area (Å²) in [6.07, 6.45) is 1.64. The van der Waals surface area contributed by atoms with Gasteiger partial charge in [0.2, 0.25) is 0 Å². The van der Waals surface area contributed by atoms with Crippen LogP contribution in [-0.2, 0) is 4.79 Å². The number of hydrogen-bond acceptors (Lipinski definition) is 4. The molecule has 0 unspecified atom stereocenters. The third kappa shape index (κ3) is 5.63. The summed E-state index contributed by atoms with van der Waals surface area (Å²) in [4.78, 5) is 12.4. The molecular weight excluding hydrogens is 222 g/mol. The standard InChI is InChI=1S/C11H17N3OS/c1-11(2,3)12-8-10(15)14-13-7-9-5-4-6-16-9/h4-7,12H,8H2,1-3H3,(H,14,15)/b13-7-. The van der Waals surface area contributed by atoms with Crippen molar-refractivity contribution in [3.63, 3.8) is 0 Å². The molecule has 16 heavy (non-hydrogen) atoms. The second-order valence-corrected chi connectivity index (χ2v) is 5.39. The summed E-state index contributed by atoms with van der Waals surface area (Å²) < 4.78 is 0. The number of carbonyl (C=O) groups excluding carboxylic acids is 1. The predicted octanol–water partition coefficient (Wildman–Crippen LogP) is 1.59. The third-order valence-corrected chi connectivity index (χ3v) is 2.51. The van der Waals surface area contributed by atoms with Gasteiger partial charge in [-0.15, -0.1) is 11.3 Å². The lowest BCUT2D eigenvalue weighted by Crippen LogP contribution is -2.42. The first-order chi connectivity index (χ1) is 7.47. The van der Waals surface area contributed by atoms with Gasteiger partial charge in [-0.2, -0.15) is 5.10 Å². The van der Waals surface area contributed by atoms with E-state index in [1.165, 1.54) is 0 Å². The van der Waals surface area contributed by atoms with E-state index in [0.29, 0.717) is 0 Å². The number of amides is 1. The maximum Gasteiger partial charge on any atom is 0.254 e. The van der Waals surface area contributed by atoms with E-state index in [1.54, 1.807) is 17.6 Å². The zero-order chi connectivity index (χ0) is 12.0. The molecule has 4 nitrogen and oxygen atoms in total. The van der Waals surface area contributed by atoms with Crippen molar-refractivity contribution in [2.24, 2.45) is 5.10 Å². The van der Waals surface area contributed by atoms with Crippen LogP contribution in [0.25, 0.3) is 0 Å². The first-order valence-electron chi connectivity index (χ1n) is 5.08. The van der Waals surface area contributed by atoms with E-state index < -0.39 is 0 Å². The van der Waals surface area contributed by atoms with Crippen LogP contribution in [-0.4, -0.2) is 24.2 Å². The molecule has 0 aromatic carbocycles. The summed E-state index contributed by atoms with van der Waals surface area (Å²) in [6.45, 7) is 6.30. The van der Waals surface area contributed by atoms with Crippen molar-refractivity contribution in [2.45, 2.75) is 26.3 Å². The van der Waals surface area contributed by atoms with Crippen molar-refractivity contribution in [3.05, 3.63) is 22.4 Å². The number of thiophene rings is 1. The van der Waals surface area contributed by atoms with Crippen LogP contribution in [0.1, 0.15) is 25.6 Å². The summed E-state index contributed by atoms with van der Waals surface area (Å²) in [6, 6.07) is 3.88. The van der Waals surface area contributed by atoms with Gasteiger partial charge in [0.1, 0.15) is 0 Å². The Balaban J connectivity index is 2.25. The minimum Gasteiger partial charge on any atom is -0.304 e. The van der Waals surface area contributed by atoms with Crippen molar-refractivity contribution >= 4 is 23.5 Å². The quantitative estimate of drug-likeness (QED) is 0.619. The molecule has 1 amide bonds. The number of carbonyl (C=O) groups is 1. The fourth-order valence-corrected chi connectivity index (χ4v) is 1.50. The molecule has 1 aromatic rings. The summed E-state index contributed by atoms with van der Waals surface area (Å²) in [5, 5.41) is 8.90. The van der Waals surface area contributed by atoms with Crippen LogP contribution in [0.4, 0.5) is 0 Å². The largest absolute Gasteiger partial charge is 0.304 e. The van der Waals surface area contributed by atoms with E-state index in [4.69, 9.17) is 0 Å². The van der Waals surface area contributed by atoms with E-state index in [0.717, 1.165) is 4.88 Å². The van der Waals surface area contributed by atoms with Crippen molar-refractivity contribution in [1.82, 2.24) is 10.7 Å². The predicted molar refractivity (Wildman–Crippen MR) is 67.8 cm³/mol. The van der Waals surface area contributed by atoms with Gasteiger partial charge in [0.25, 0.3) is 5.91 Å². The van der Waals surface area contributed by atoms with Gasteiger partial charge < -0.3 is 5.32 Å². The van der Waals surface area contributed by atoms with Gasteiger partial charge in [-0.3, -0.25) is 4.79 Å². The van der Waals surface area contributed by atoms with Gasteiger partial charge in [-0.05, 0) is 32.2 Å². The molecule has 1 rings (SSSR count). The molecule has 0 spiro atoms. The van der Waals surface area contributed by atoms with Crippen LogP contribution < -0.4 is 10.7 Å². The van der Waals surface area contributed by atoms with E-state index in [-0.39, 0.29) is 18.0 Å². The number of hydrazone groups is 1. The fraction of sp³-hybridized carbons (Fsp3) is 0.455. The molecule has 0 fully saturated rings. The highest BCUT2D eigenvalue weighted by Crippen LogP contribution is 2.04. The second kappa shape index (κ2) is 5.77. The van der Waals surface area contributed by atoms with Gasteiger partial charge in [-0.25, -0.2) is 5.43 Å². The first kappa shape index (κ1) is 12.9. The maximum absolute atomic E-state index is 11.3. The van der Waals surface area contributed by atoms with E-state index in [1.807, 2.05) is 38.3 Å². The van der Waals surface area contributed by atoms with Gasteiger partial charge in [0.05, 0.1) is 12.8 Å². The number of nitrogens with zero attached hydrogens (tertiary/aromatic N) is 1. The highest BCUT2D eigenvalue weighted by Gasteiger charge is 2.10. The minimum absolute atomic E-state index is 0.0607. The van der Waals surface area contributed by atoms with Crippen molar-refractivity contribution in [1.29, 1.82) is 0 Å². The SMILES string of the molecule is CC(C)(C)NCC(=O)N/N=C\c1cccs1. The maximum atomic E-state index is 11.3. The highest BCUT2D eigenvalue weighted by atomic mass is 32.1. The van der Waals surface area contributed by atoms with E-state index in [9.17, 15) is 4.79 Å². The zero-order valence-electron chi connectivity index (χ0n) is 9.78. The molecule has 0 aliphatic carbocycles. The average molecular weight is 239 g/mol. The third-order valence-electron chi connectivity index (χ3n) is 1.70. The fourth-order valence-electron chi connectivity index (χ4n) is 0.918. The monoisotopic (exact) mass is 239 g/mol. The Kier molecular flexibility index (Phi) is 4.64. The van der Waals surface area contributed by atoms with Crippen molar-refractivity contribution in [2.75, 3.05) is 6.54 Å². The molecule has 88 valence electrons. The molecule has 1 aromatic heterocycles.